The van der Waals surface area contributed by atoms with Crippen LogP contribution in [0.15, 0.2) is 29.2 Å². The van der Waals surface area contributed by atoms with Gasteiger partial charge in [0.1, 0.15) is 0 Å². The smallest absolute Gasteiger partial charge is 0.165 e. The van der Waals surface area contributed by atoms with Crippen LogP contribution in [0.3, 0.4) is 0 Å². The molecule has 0 radical (unpaired) electrons. The fourth-order valence-corrected chi connectivity index (χ4v) is 3.11. The van der Waals surface area contributed by atoms with E-state index in [0.717, 1.165) is 10.5 Å². The molecule has 0 bridgehead atoms. The molecule has 1 aliphatic rings. The third kappa shape index (κ3) is 1.43. The number of thioether (sulfide) groups is 1. The van der Waals surface area contributed by atoms with E-state index in [1.54, 1.807) is 11.8 Å². The third-order valence-electron chi connectivity index (χ3n) is 1.79. The van der Waals surface area contributed by atoms with Gasteiger partial charge in [-0.3, -0.25) is 4.79 Å². The topological polar surface area (TPSA) is 17.1 Å². The minimum atomic E-state index is 0.242. The fraction of sp³-hybridized carbons (Fsp3) is 0.222. The Hall–Kier alpha value is -0.280. The van der Waals surface area contributed by atoms with E-state index in [2.05, 4.69) is 15.9 Å². The van der Waals surface area contributed by atoms with Crippen molar-refractivity contribution in [2.75, 3.05) is 0 Å². The maximum Gasteiger partial charge on any atom is 0.165 e. The number of hydrogen-bond acceptors (Lipinski definition) is 2. The van der Waals surface area contributed by atoms with Gasteiger partial charge in [0.05, 0.1) is 4.16 Å². The Morgan fingerprint density at radius 3 is 3.00 bits per heavy atom. The molecule has 1 heterocycles. The first-order valence-corrected chi connectivity index (χ1v) is 5.50. The first kappa shape index (κ1) is 8.32. The molecule has 0 amide bonds. The van der Waals surface area contributed by atoms with Crippen LogP contribution in [0.1, 0.15) is 16.8 Å². The van der Waals surface area contributed by atoms with Crippen LogP contribution < -0.4 is 0 Å². The van der Waals surface area contributed by atoms with Crippen molar-refractivity contribution in [1.82, 2.24) is 0 Å². The van der Waals surface area contributed by atoms with E-state index in [1.165, 1.54) is 0 Å². The number of benzene rings is 1. The molecule has 0 aliphatic carbocycles. The van der Waals surface area contributed by atoms with Gasteiger partial charge in [-0.15, -0.1) is 11.8 Å². The molecule has 3 heteroatoms. The predicted molar refractivity (Wildman–Crippen MR) is 54.0 cm³/mol. The average Bonchev–Trinajstić information content (AvgIpc) is 2.04. The standard InChI is InChI=1S/C9H7BrOS/c10-9-5-7(11)6-3-1-2-4-8(6)12-9/h1-4,9H,5H2. The number of carbonyl (C=O) groups is 1. The number of alkyl halides is 1. The van der Waals surface area contributed by atoms with Gasteiger partial charge in [-0.2, -0.15) is 0 Å². The summed E-state index contributed by atoms with van der Waals surface area (Å²) in [6.45, 7) is 0. The number of Topliss-reactive ketones (excluding diaryl/α,β-unsaturated/α-hetero) is 1. The zero-order valence-corrected chi connectivity index (χ0v) is 8.69. The predicted octanol–water partition coefficient (Wildman–Crippen LogP) is 3.09. The largest absolute Gasteiger partial charge is 0.294 e. The monoisotopic (exact) mass is 242 g/mol. The molecule has 0 saturated heterocycles. The minimum Gasteiger partial charge on any atom is -0.294 e. The number of hydrogen-bond donors (Lipinski definition) is 0. The molecule has 0 fully saturated rings. The Kier molecular flexibility index (Phi) is 2.24. The molecule has 2 rings (SSSR count). The number of carbonyl (C=O) groups excluding carboxylic acids is 1. The molecule has 1 unspecified atom stereocenters. The van der Waals surface area contributed by atoms with Gasteiger partial charge in [-0.05, 0) is 6.07 Å². The summed E-state index contributed by atoms with van der Waals surface area (Å²) in [5.41, 5.74) is 0.873. The first-order chi connectivity index (χ1) is 5.77. The summed E-state index contributed by atoms with van der Waals surface area (Å²) in [6.07, 6.45) is 0.599. The Labute approximate surface area is 83.7 Å². The lowest BCUT2D eigenvalue weighted by Gasteiger charge is -2.17. The van der Waals surface area contributed by atoms with Crippen LogP contribution in [0, 0.1) is 0 Å². The summed E-state index contributed by atoms with van der Waals surface area (Å²) < 4.78 is 0.250. The highest BCUT2D eigenvalue weighted by atomic mass is 79.9. The number of halogens is 1. The van der Waals surface area contributed by atoms with E-state index in [9.17, 15) is 4.79 Å². The van der Waals surface area contributed by atoms with Crippen molar-refractivity contribution in [1.29, 1.82) is 0 Å². The summed E-state index contributed by atoms with van der Waals surface area (Å²) >= 11 is 5.15. The van der Waals surface area contributed by atoms with Crippen LogP contribution in [0.2, 0.25) is 0 Å². The van der Waals surface area contributed by atoms with Gasteiger partial charge >= 0.3 is 0 Å². The highest BCUT2D eigenvalue weighted by Crippen LogP contribution is 2.37. The van der Waals surface area contributed by atoms with E-state index in [0.29, 0.717) is 6.42 Å². The molecular weight excluding hydrogens is 236 g/mol. The molecule has 1 aromatic carbocycles. The second-order valence-corrected chi connectivity index (χ2v) is 5.61. The Balaban J connectivity index is 2.47. The number of fused-ring (bicyclic) bond motifs is 1. The van der Waals surface area contributed by atoms with Crippen LogP contribution >= 0.6 is 27.7 Å². The van der Waals surface area contributed by atoms with Crippen molar-refractivity contribution in [2.24, 2.45) is 0 Å². The Morgan fingerprint density at radius 2 is 2.17 bits per heavy atom. The molecule has 1 aliphatic heterocycles. The van der Waals surface area contributed by atoms with Gasteiger partial charge in [0.25, 0.3) is 0 Å². The fourth-order valence-electron chi connectivity index (χ4n) is 1.23. The van der Waals surface area contributed by atoms with Crippen molar-refractivity contribution in [2.45, 2.75) is 15.5 Å². The lowest BCUT2D eigenvalue weighted by Crippen LogP contribution is -2.12. The SMILES string of the molecule is O=C1CC(Br)Sc2ccccc21. The second-order valence-electron chi connectivity index (χ2n) is 2.65. The van der Waals surface area contributed by atoms with Gasteiger partial charge in [0, 0.05) is 16.9 Å². The summed E-state index contributed by atoms with van der Waals surface area (Å²) in [4.78, 5) is 12.5. The van der Waals surface area contributed by atoms with E-state index in [1.807, 2.05) is 24.3 Å². The van der Waals surface area contributed by atoms with Gasteiger partial charge in [-0.1, -0.05) is 34.1 Å². The maximum absolute atomic E-state index is 11.5. The molecule has 12 heavy (non-hydrogen) atoms. The summed E-state index contributed by atoms with van der Waals surface area (Å²) in [7, 11) is 0. The molecule has 62 valence electrons. The molecular formula is C9H7BrOS. The average molecular weight is 243 g/mol. The van der Waals surface area contributed by atoms with Crippen molar-refractivity contribution < 1.29 is 4.79 Å². The van der Waals surface area contributed by atoms with E-state index >= 15 is 0 Å². The third-order valence-corrected chi connectivity index (χ3v) is 3.71. The van der Waals surface area contributed by atoms with Crippen molar-refractivity contribution in [3.8, 4) is 0 Å². The highest BCUT2D eigenvalue weighted by molar-refractivity contribution is 9.11. The molecule has 0 N–H and O–H groups in total. The number of rotatable bonds is 0. The van der Waals surface area contributed by atoms with Gasteiger partial charge in [-0.25, -0.2) is 0 Å². The molecule has 0 spiro atoms. The molecule has 0 aromatic heterocycles. The lowest BCUT2D eigenvalue weighted by atomic mass is 10.1. The molecule has 1 atom stereocenters. The zero-order valence-electron chi connectivity index (χ0n) is 6.29. The van der Waals surface area contributed by atoms with Gasteiger partial charge < -0.3 is 0 Å². The molecule has 0 saturated carbocycles. The van der Waals surface area contributed by atoms with Crippen LogP contribution in [0.25, 0.3) is 0 Å². The molecule has 1 aromatic rings. The van der Waals surface area contributed by atoms with Crippen LogP contribution in [0.4, 0.5) is 0 Å². The van der Waals surface area contributed by atoms with Crippen LogP contribution in [0.5, 0.6) is 0 Å². The van der Waals surface area contributed by atoms with Crippen molar-refractivity contribution in [3.05, 3.63) is 29.8 Å². The summed E-state index contributed by atoms with van der Waals surface area (Å²) in [6, 6.07) is 7.75. The van der Waals surface area contributed by atoms with Crippen molar-refractivity contribution >= 4 is 33.5 Å². The highest BCUT2D eigenvalue weighted by Gasteiger charge is 2.22. The van der Waals surface area contributed by atoms with E-state index < -0.39 is 0 Å². The van der Waals surface area contributed by atoms with Gasteiger partial charge in [0.15, 0.2) is 5.78 Å². The number of ketones is 1. The Bertz CT molecular complexity index is 324. The summed E-state index contributed by atoms with van der Waals surface area (Å²) in [5.74, 6) is 0.242. The minimum absolute atomic E-state index is 0.242. The zero-order chi connectivity index (χ0) is 8.55. The first-order valence-electron chi connectivity index (χ1n) is 3.70. The quantitative estimate of drug-likeness (QED) is 0.651. The van der Waals surface area contributed by atoms with E-state index in [4.69, 9.17) is 0 Å². The van der Waals surface area contributed by atoms with Gasteiger partial charge in [0.2, 0.25) is 0 Å². The van der Waals surface area contributed by atoms with E-state index in [-0.39, 0.29) is 9.94 Å². The lowest BCUT2D eigenvalue weighted by molar-refractivity contribution is 0.0983. The normalized spacial score (nSPS) is 22.1. The van der Waals surface area contributed by atoms with Crippen LogP contribution in [-0.4, -0.2) is 9.94 Å². The second kappa shape index (κ2) is 3.23. The maximum atomic E-state index is 11.5. The molecule has 1 nitrogen and oxygen atoms in total. The summed E-state index contributed by atoms with van der Waals surface area (Å²) in [5, 5.41) is 0. The Morgan fingerprint density at radius 1 is 1.42 bits per heavy atom. The van der Waals surface area contributed by atoms with Crippen LogP contribution in [-0.2, 0) is 0 Å². The van der Waals surface area contributed by atoms with Crippen molar-refractivity contribution in [3.63, 3.8) is 0 Å².